The monoisotopic (exact) mass is 1990 g/mol. The maximum absolute atomic E-state index is 13.0. The number of benzene rings is 8. The summed E-state index contributed by atoms with van der Waals surface area (Å²) in [6.45, 7) is 25.0. The van der Waals surface area contributed by atoms with Gasteiger partial charge in [0.1, 0.15) is 87.3 Å². The number of rotatable bonds is 21. The first kappa shape index (κ1) is 101. The molecule has 6 atom stereocenters. The summed E-state index contributed by atoms with van der Waals surface area (Å²) in [5, 5.41) is 93.3. The molecule has 0 radical (unpaired) electrons. The number of nitrogens with zero attached hydrogens (tertiary/aromatic N) is 17. The highest BCUT2D eigenvalue weighted by Gasteiger charge is 2.37. The Balaban J connectivity index is 0.000000131. The lowest BCUT2D eigenvalue weighted by Gasteiger charge is -2.32. The van der Waals surface area contributed by atoms with Gasteiger partial charge in [0.15, 0.2) is 0 Å². The third kappa shape index (κ3) is 23.7. The van der Waals surface area contributed by atoms with Crippen LogP contribution in [0.1, 0.15) is 217 Å². The molecule has 8 aromatic carbocycles. The van der Waals surface area contributed by atoms with E-state index in [9.17, 15) is 40.2 Å². The first-order valence-electron chi connectivity index (χ1n) is 49.5. The summed E-state index contributed by atoms with van der Waals surface area (Å²) in [6, 6.07) is 56.4. The lowest BCUT2D eigenvalue weighted by atomic mass is 10.0. The van der Waals surface area contributed by atoms with Crippen molar-refractivity contribution in [3.8, 4) is 132 Å². The van der Waals surface area contributed by atoms with E-state index in [0.29, 0.717) is 83.5 Å². The molecule has 4 aliphatic carbocycles. The number of fused-ring (bicyclic) bond motifs is 4. The number of aromatic nitrogens is 8. The smallest absolute Gasteiger partial charge is 0.318 e. The fraction of sp³-hybridized carbons (Fsp3) is 0.413. The Kier molecular flexibility index (Phi) is 32.4. The van der Waals surface area contributed by atoms with Crippen molar-refractivity contribution in [3.05, 3.63) is 212 Å². The zero-order valence-corrected chi connectivity index (χ0v) is 85.8. The Bertz CT molecular complexity index is 6610. The molecule has 20 rings (SSSR count). The maximum Gasteiger partial charge on any atom is 0.318 e. The SMILES string of the molecule is CC(C)Oc1ccc(-c2nnc(-c3cccc4c3CC[C@@H]4NC(=O)N3CCCCC3)s2)cc1C#N.CC(C)Oc1ccc(-c2nnc(-c3cccc4c3CC[C@@H]4NC(=O)N3CCC[C@H](C)C3)s2)cc1C#N.CC(C)Oc1ccc(-c2nnc(-c3cccc4c3CC[C@@H]4NC(=O)N3CC[C@@H](N(C)C)C3)s2)cc1C#N.CC(C)Oc1ccc(-c2nnc(-c3cccc4c3CC[C@H]4NC(=O)N3CCOCC3)s2)cc1C#N. The quantitative estimate of drug-likeness (QED) is 0.0519. The second kappa shape index (κ2) is 46.0. The summed E-state index contributed by atoms with van der Waals surface area (Å²) in [6.07, 6.45) is 13.7. The van der Waals surface area contributed by atoms with Gasteiger partial charge in [-0.25, -0.2) is 19.2 Å². The molecular formula is C109H119N21O9S4. The van der Waals surface area contributed by atoms with Crippen LogP contribution in [-0.4, -0.2) is 200 Å². The number of likely N-dealkylation sites (tertiary alicyclic amines) is 3. The fourth-order valence-corrected chi connectivity index (χ4v) is 23.4. The zero-order valence-electron chi connectivity index (χ0n) is 82.5. The van der Waals surface area contributed by atoms with E-state index in [1.165, 1.54) is 91.6 Å². The predicted molar refractivity (Wildman–Crippen MR) is 555 cm³/mol. The Morgan fingerprint density at radius 3 is 0.930 bits per heavy atom. The Labute approximate surface area is 850 Å². The standard InChI is InChI=1S/C28H32N6O2S.C28H31N5O2S.C27H29N5O2S.C26H27N5O3S/c1-17(2)36-25-11-8-18(14-19(25)15-29)26-31-32-27(37-26)23-7-5-6-22-21(23)9-10-24(22)30-28(35)34-13-12-20(16-34)33(3)4;1-17(2)35-25-12-9-19(14-20(25)15-29)26-31-32-27(36-26)23-8-4-7-22-21(23)10-11-24(22)30-28(34)33-13-5-6-18(3)16-33;1-17(2)34-24-12-9-18(15-19(24)16-28)25-30-31-26(35-25)22-8-6-7-21-20(22)10-11-23(21)29-27(33)32-13-4-3-5-14-32;1-16(2)34-23-9-6-17(14-18(23)15-27)24-29-30-25(35-24)21-5-3-4-20-19(21)7-8-22(20)28-26(32)31-10-12-33-13-11-31/h5-8,11,14,17,20,24H,9-10,12-13,16H2,1-4H3,(H,30,35);4,7-9,12,14,17-18,24H,5-6,10-11,13,16H2,1-3H3,(H,30,34);6-9,12,15,17,23H,3-5,10-11,13-14H2,1-2H3,(H,29,33);3-6,9,14,16,22H,7-8,10-13H2,1-2H3,(H,28,32)/t20-,24+;18-,24-;23-;22-/m1001/s1. The number of carbonyl (C=O) groups excluding carboxylic acids is 4. The van der Waals surface area contributed by atoms with Crippen LogP contribution in [0.25, 0.3) is 84.6 Å². The van der Waals surface area contributed by atoms with E-state index >= 15 is 0 Å². The summed E-state index contributed by atoms with van der Waals surface area (Å²) in [4.78, 5) is 61.2. The fourth-order valence-electron chi connectivity index (χ4n) is 19.8. The minimum absolute atomic E-state index is 0.0000589. The third-order valence-electron chi connectivity index (χ3n) is 26.8. The van der Waals surface area contributed by atoms with Crippen LogP contribution in [0.3, 0.4) is 0 Å². The minimum atomic E-state index is -0.0343. The van der Waals surface area contributed by atoms with Crippen LogP contribution in [0.2, 0.25) is 0 Å². The average molecular weight is 2000 g/mol. The van der Waals surface area contributed by atoms with Crippen LogP contribution in [0, 0.1) is 51.2 Å². The summed E-state index contributed by atoms with van der Waals surface area (Å²) < 4.78 is 28.3. The lowest BCUT2D eigenvalue weighted by molar-refractivity contribution is 0.0525. The van der Waals surface area contributed by atoms with Crippen molar-refractivity contribution in [1.29, 1.82) is 21.0 Å². The van der Waals surface area contributed by atoms with Gasteiger partial charge in [-0.15, -0.1) is 40.8 Å². The van der Waals surface area contributed by atoms with Crippen molar-refractivity contribution >= 4 is 69.5 Å². The predicted octanol–water partition coefficient (Wildman–Crippen LogP) is 21.1. The van der Waals surface area contributed by atoms with E-state index in [-0.39, 0.29) is 72.7 Å². The molecule has 0 bridgehead atoms. The Morgan fingerprint density at radius 2 is 0.643 bits per heavy atom. The zero-order chi connectivity index (χ0) is 100. The van der Waals surface area contributed by atoms with Crippen LogP contribution in [0.15, 0.2) is 146 Å². The van der Waals surface area contributed by atoms with E-state index in [4.69, 9.17) is 23.7 Å². The summed E-state index contributed by atoms with van der Waals surface area (Å²) in [5.41, 5.74) is 19.1. The molecule has 4 N–H and O–H groups in total. The van der Waals surface area contributed by atoms with Gasteiger partial charge in [-0.1, -0.05) is 125 Å². The topological polar surface area (TPSA) is 377 Å². The van der Waals surface area contributed by atoms with Crippen LogP contribution < -0.4 is 40.2 Å². The van der Waals surface area contributed by atoms with Crippen molar-refractivity contribution in [3.63, 3.8) is 0 Å². The number of nitrogens with one attached hydrogen (secondary N) is 4. The van der Waals surface area contributed by atoms with E-state index < -0.39 is 0 Å². The Hall–Kier alpha value is -13.8. The number of hydrogen-bond donors (Lipinski definition) is 4. The second-order valence-electron chi connectivity index (χ2n) is 38.5. The van der Waals surface area contributed by atoms with Gasteiger partial charge in [0.05, 0.1) is 84.1 Å². The number of urea groups is 4. The molecule has 34 heteroatoms. The van der Waals surface area contributed by atoms with Crippen molar-refractivity contribution in [2.45, 2.75) is 207 Å². The number of morpholine rings is 1. The van der Waals surface area contributed by atoms with E-state index in [2.05, 4.69) is 161 Å². The van der Waals surface area contributed by atoms with Crippen molar-refractivity contribution in [2.24, 2.45) is 5.92 Å². The van der Waals surface area contributed by atoms with Crippen LogP contribution in [0.4, 0.5) is 19.2 Å². The number of piperidine rings is 2. The van der Waals surface area contributed by atoms with Gasteiger partial charge in [-0.3, -0.25) is 0 Å². The molecule has 8 amide bonds. The molecule has 143 heavy (non-hydrogen) atoms. The molecule has 4 aromatic heterocycles. The lowest BCUT2D eigenvalue weighted by Crippen LogP contribution is -2.46. The number of nitriles is 4. The number of likely N-dealkylation sites (N-methyl/N-ethyl adjacent to an activating group) is 1. The number of hydrogen-bond acceptors (Lipinski definition) is 26. The molecule has 0 unspecified atom stereocenters. The molecule has 0 spiro atoms. The molecule has 4 aliphatic heterocycles. The molecule has 30 nitrogen and oxygen atoms in total. The highest BCUT2D eigenvalue weighted by molar-refractivity contribution is 7.19. The Morgan fingerprint density at radius 1 is 0.357 bits per heavy atom. The molecule has 0 saturated carbocycles. The first-order valence-corrected chi connectivity index (χ1v) is 52.7. The van der Waals surface area contributed by atoms with E-state index in [1.54, 1.807) is 6.07 Å². The molecule has 12 aromatic rings. The normalized spacial score (nSPS) is 18.1. The summed E-state index contributed by atoms with van der Waals surface area (Å²) in [7, 11) is 4.14. The molecule has 738 valence electrons. The van der Waals surface area contributed by atoms with Gasteiger partial charge in [0.2, 0.25) is 0 Å². The first-order chi connectivity index (χ1) is 69.3. The van der Waals surface area contributed by atoms with Gasteiger partial charge in [0.25, 0.3) is 0 Å². The van der Waals surface area contributed by atoms with Crippen LogP contribution in [-0.2, 0) is 30.4 Å². The second-order valence-corrected chi connectivity index (χ2v) is 42.4. The van der Waals surface area contributed by atoms with E-state index in [0.717, 1.165) is 212 Å². The van der Waals surface area contributed by atoms with Gasteiger partial charge in [-0.05, 0) is 283 Å². The van der Waals surface area contributed by atoms with Crippen LogP contribution in [0.5, 0.6) is 23.0 Å². The van der Waals surface area contributed by atoms with E-state index in [1.807, 2.05) is 166 Å². The van der Waals surface area contributed by atoms with Gasteiger partial charge < -0.3 is 69.5 Å². The highest BCUT2D eigenvalue weighted by Crippen LogP contribution is 2.47. The molecule has 8 aliphatic rings. The highest BCUT2D eigenvalue weighted by atomic mass is 32.1. The third-order valence-corrected chi connectivity index (χ3v) is 30.8. The molecule has 8 heterocycles. The largest absolute Gasteiger partial charge is 0.490 e. The van der Waals surface area contributed by atoms with Crippen molar-refractivity contribution < 1.29 is 42.9 Å². The number of amides is 8. The molecular weight excluding hydrogens is 1880 g/mol. The average Bonchev–Trinajstić information content (AvgIpc) is 1.62. The summed E-state index contributed by atoms with van der Waals surface area (Å²) >= 11 is 6.04. The number of ether oxygens (including phenoxy) is 5. The number of carbonyl (C=O) groups is 4. The minimum Gasteiger partial charge on any atom is -0.490 e. The molecule has 4 saturated heterocycles. The molecule has 4 fully saturated rings. The van der Waals surface area contributed by atoms with Crippen LogP contribution >= 0.6 is 45.3 Å². The van der Waals surface area contributed by atoms with Crippen molar-refractivity contribution in [2.75, 3.05) is 79.7 Å². The van der Waals surface area contributed by atoms with Gasteiger partial charge in [-0.2, -0.15) is 21.0 Å². The van der Waals surface area contributed by atoms with Gasteiger partial charge in [0, 0.05) is 103 Å². The maximum atomic E-state index is 13.0. The van der Waals surface area contributed by atoms with Crippen molar-refractivity contribution in [1.82, 2.24) is 86.6 Å². The van der Waals surface area contributed by atoms with Gasteiger partial charge >= 0.3 is 24.1 Å². The summed E-state index contributed by atoms with van der Waals surface area (Å²) in [5.74, 6) is 2.86.